The minimum absolute atomic E-state index is 0.0686. The number of methoxy groups -OCH3 is 1. The first-order valence-corrected chi connectivity index (χ1v) is 8.16. The van der Waals surface area contributed by atoms with E-state index in [2.05, 4.69) is 37.2 Å². The number of pyridine rings is 1. The maximum atomic E-state index is 6.26. The van der Waals surface area contributed by atoms with E-state index in [9.17, 15) is 0 Å². The van der Waals surface area contributed by atoms with E-state index in [1.165, 1.54) is 5.56 Å². The zero-order chi connectivity index (χ0) is 16.9. The van der Waals surface area contributed by atoms with Crippen LogP contribution in [0.2, 0.25) is 0 Å². The zero-order valence-corrected chi connectivity index (χ0v) is 14.2. The van der Waals surface area contributed by atoms with Crippen molar-refractivity contribution in [1.29, 1.82) is 0 Å². The first-order chi connectivity index (χ1) is 11.7. The molecular weight excluding hydrogens is 306 g/mol. The highest BCUT2D eigenvalue weighted by molar-refractivity contribution is 5.38. The summed E-state index contributed by atoms with van der Waals surface area (Å²) in [5, 5.41) is 7.95. The lowest BCUT2D eigenvalue weighted by Crippen LogP contribution is -2.31. The molecule has 1 saturated heterocycles. The highest BCUT2D eigenvalue weighted by Gasteiger charge is 2.31. The number of hydrogen-bond donors (Lipinski definition) is 1. The molecule has 0 radical (unpaired) electrons. The van der Waals surface area contributed by atoms with Gasteiger partial charge in [-0.2, -0.15) is 0 Å². The van der Waals surface area contributed by atoms with E-state index in [4.69, 9.17) is 10.5 Å². The number of hydrogen-bond acceptors (Lipinski definition) is 7. The van der Waals surface area contributed by atoms with Crippen LogP contribution in [0.15, 0.2) is 30.7 Å². The second-order valence-corrected chi connectivity index (χ2v) is 6.25. The summed E-state index contributed by atoms with van der Waals surface area (Å²) in [6, 6.07) is 4.43. The molecule has 0 aliphatic carbocycles. The highest BCUT2D eigenvalue weighted by Crippen LogP contribution is 2.21. The van der Waals surface area contributed by atoms with Crippen LogP contribution in [0.4, 0.5) is 5.82 Å². The van der Waals surface area contributed by atoms with Gasteiger partial charge in [-0.3, -0.25) is 4.90 Å². The van der Waals surface area contributed by atoms with E-state index >= 15 is 0 Å². The molecule has 2 aromatic heterocycles. The summed E-state index contributed by atoms with van der Waals surface area (Å²) < 4.78 is 6.96. The van der Waals surface area contributed by atoms with E-state index < -0.39 is 0 Å². The Morgan fingerprint density at radius 2 is 2.25 bits per heavy atom. The Balaban J connectivity index is 1.57. The molecule has 130 valence electrons. The van der Waals surface area contributed by atoms with Gasteiger partial charge in [0.05, 0.1) is 18.8 Å². The molecule has 3 rings (SSSR count). The molecule has 0 amide bonds. The van der Waals surface area contributed by atoms with Crippen molar-refractivity contribution >= 4 is 5.82 Å². The molecule has 1 fully saturated rings. The van der Waals surface area contributed by atoms with Crippen molar-refractivity contribution in [2.45, 2.75) is 18.6 Å². The van der Waals surface area contributed by atoms with Gasteiger partial charge in [0.15, 0.2) is 0 Å². The predicted octanol–water partition coefficient (Wildman–Crippen LogP) is 0.140. The summed E-state index contributed by atoms with van der Waals surface area (Å²) >= 11 is 0. The third kappa shape index (κ3) is 3.89. The minimum atomic E-state index is 0.0686. The SMILES string of the molecule is COCCN(C)c1ccc(CN2C[C@@H](N)[C@@H](n3ccnn3)C2)cn1. The maximum absolute atomic E-state index is 6.26. The third-order valence-corrected chi connectivity index (χ3v) is 4.43. The molecule has 3 heterocycles. The van der Waals surface area contributed by atoms with Crippen LogP contribution in [0.25, 0.3) is 0 Å². The van der Waals surface area contributed by atoms with Gasteiger partial charge in [0.25, 0.3) is 0 Å². The smallest absolute Gasteiger partial charge is 0.128 e. The van der Waals surface area contributed by atoms with Crippen LogP contribution in [0.5, 0.6) is 0 Å². The van der Waals surface area contributed by atoms with Gasteiger partial charge >= 0.3 is 0 Å². The fourth-order valence-electron chi connectivity index (χ4n) is 3.03. The van der Waals surface area contributed by atoms with Crippen molar-refractivity contribution in [3.8, 4) is 0 Å². The molecule has 0 spiro atoms. The van der Waals surface area contributed by atoms with Crippen LogP contribution in [-0.2, 0) is 11.3 Å². The van der Waals surface area contributed by atoms with Gasteiger partial charge in [-0.25, -0.2) is 9.67 Å². The quantitative estimate of drug-likeness (QED) is 0.772. The number of nitrogens with two attached hydrogens (primary N) is 1. The van der Waals surface area contributed by atoms with Gasteiger partial charge in [-0.1, -0.05) is 11.3 Å². The fourth-order valence-corrected chi connectivity index (χ4v) is 3.03. The lowest BCUT2D eigenvalue weighted by Gasteiger charge is -2.19. The van der Waals surface area contributed by atoms with Gasteiger partial charge in [0, 0.05) is 58.8 Å². The van der Waals surface area contributed by atoms with Gasteiger partial charge in [-0.05, 0) is 11.6 Å². The third-order valence-electron chi connectivity index (χ3n) is 4.43. The second kappa shape index (κ2) is 7.69. The molecule has 2 aromatic rings. The molecular formula is C16H25N7O. The predicted molar refractivity (Wildman–Crippen MR) is 91.7 cm³/mol. The van der Waals surface area contributed by atoms with Crippen molar-refractivity contribution in [2.75, 3.05) is 45.3 Å². The number of likely N-dealkylation sites (N-methyl/N-ethyl adjacent to an activating group) is 1. The summed E-state index contributed by atoms with van der Waals surface area (Å²) in [5.41, 5.74) is 7.45. The fraction of sp³-hybridized carbons (Fsp3) is 0.562. The molecule has 1 aliphatic rings. The van der Waals surface area contributed by atoms with Crippen LogP contribution >= 0.6 is 0 Å². The monoisotopic (exact) mass is 331 g/mol. The maximum Gasteiger partial charge on any atom is 0.128 e. The van der Waals surface area contributed by atoms with E-state index in [1.54, 1.807) is 13.3 Å². The Hall–Kier alpha value is -2.03. The second-order valence-electron chi connectivity index (χ2n) is 6.25. The van der Waals surface area contributed by atoms with Crippen LogP contribution in [0.1, 0.15) is 11.6 Å². The van der Waals surface area contributed by atoms with Crippen molar-refractivity contribution in [3.63, 3.8) is 0 Å². The van der Waals surface area contributed by atoms with Crippen LogP contribution in [0.3, 0.4) is 0 Å². The Kier molecular flexibility index (Phi) is 5.39. The lowest BCUT2D eigenvalue weighted by atomic mass is 10.2. The molecule has 2 N–H and O–H groups in total. The molecule has 8 nitrogen and oxygen atoms in total. The first-order valence-electron chi connectivity index (χ1n) is 8.16. The van der Waals surface area contributed by atoms with Crippen molar-refractivity contribution in [2.24, 2.45) is 5.73 Å². The summed E-state index contributed by atoms with van der Waals surface area (Å²) in [7, 11) is 3.72. The van der Waals surface area contributed by atoms with Crippen LogP contribution in [-0.4, -0.2) is 71.3 Å². The number of ether oxygens (including phenoxy) is 1. The molecule has 0 saturated carbocycles. The molecule has 0 bridgehead atoms. The van der Waals surface area contributed by atoms with Gasteiger partial charge in [0.2, 0.25) is 0 Å². The number of likely N-dealkylation sites (tertiary alicyclic amines) is 1. The average molecular weight is 331 g/mol. The molecule has 0 aromatic carbocycles. The number of aromatic nitrogens is 4. The van der Waals surface area contributed by atoms with Gasteiger partial charge in [-0.15, -0.1) is 5.10 Å². The molecule has 1 aliphatic heterocycles. The van der Waals surface area contributed by atoms with Crippen molar-refractivity contribution < 1.29 is 4.74 Å². The van der Waals surface area contributed by atoms with Crippen molar-refractivity contribution in [1.82, 2.24) is 24.9 Å². The van der Waals surface area contributed by atoms with Crippen LogP contribution < -0.4 is 10.6 Å². The Labute approximate surface area is 142 Å². The van der Waals surface area contributed by atoms with Crippen molar-refractivity contribution in [3.05, 3.63) is 36.3 Å². The Morgan fingerprint density at radius 3 is 2.92 bits per heavy atom. The molecule has 24 heavy (non-hydrogen) atoms. The largest absolute Gasteiger partial charge is 0.383 e. The van der Waals surface area contributed by atoms with Gasteiger partial charge < -0.3 is 15.4 Å². The van der Waals surface area contributed by atoms with E-state index in [0.29, 0.717) is 6.61 Å². The summed E-state index contributed by atoms with van der Waals surface area (Å²) in [6.07, 6.45) is 5.51. The molecule has 0 unspecified atom stereocenters. The van der Waals surface area contributed by atoms with Crippen LogP contribution in [0, 0.1) is 0 Å². The number of nitrogens with zero attached hydrogens (tertiary/aromatic N) is 6. The zero-order valence-electron chi connectivity index (χ0n) is 14.2. The number of rotatable bonds is 7. The average Bonchev–Trinajstić information content (AvgIpc) is 3.23. The van der Waals surface area contributed by atoms with E-state index in [1.807, 2.05) is 24.1 Å². The normalized spacial score (nSPS) is 21.3. The first kappa shape index (κ1) is 16.8. The number of anilines is 1. The summed E-state index contributed by atoms with van der Waals surface area (Å²) in [4.78, 5) is 8.97. The standard InChI is InChI=1S/C16H25N7O/c1-21(7-8-24-2)16-4-3-13(9-18-16)10-22-11-14(17)15(12-22)23-6-5-19-20-23/h3-6,9,14-15H,7-8,10-12,17H2,1-2H3/t14-,15+/m1/s1. The Bertz CT molecular complexity index is 616. The van der Waals surface area contributed by atoms with E-state index in [0.717, 1.165) is 32.0 Å². The summed E-state index contributed by atoms with van der Waals surface area (Å²) in [6.45, 7) is 4.08. The molecule has 2 atom stereocenters. The summed E-state index contributed by atoms with van der Waals surface area (Å²) in [5.74, 6) is 0.953. The van der Waals surface area contributed by atoms with Gasteiger partial charge in [0.1, 0.15) is 5.82 Å². The Morgan fingerprint density at radius 1 is 1.38 bits per heavy atom. The minimum Gasteiger partial charge on any atom is -0.383 e. The highest BCUT2D eigenvalue weighted by atomic mass is 16.5. The molecule has 8 heteroatoms. The lowest BCUT2D eigenvalue weighted by molar-refractivity contribution is 0.206. The topological polar surface area (TPSA) is 85.3 Å². The van der Waals surface area contributed by atoms with E-state index in [-0.39, 0.29) is 12.1 Å².